The third-order valence-corrected chi connectivity index (χ3v) is 8.08. The molecule has 4 heterocycles. The maximum absolute atomic E-state index is 14.4. The maximum atomic E-state index is 14.4. The zero-order chi connectivity index (χ0) is 29.7. The van der Waals surface area contributed by atoms with E-state index >= 15 is 0 Å². The molecule has 41 heavy (non-hydrogen) atoms. The van der Waals surface area contributed by atoms with E-state index in [2.05, 4.69) is 15.1 Å². The molecule has 0 aliphatic carbocycles. The number of nitrogens with one attached hydrogen (secondary N) is 1. The van der Waals surface area contributed by atoms with Crippen molar-refractivity contribution in [3.8, 4) is 0 Å². The van der Waals surface area contributed by atoms with Crippen molar-refractivity contribution >= 4 is 45.6 Å². The smallest absolute Gasteiger partial charge is 0.329 e. The lowest BCUT2D eigenvalue weighted by molar-refractivity contribution is -0.0806. The number of ether oxygens (including phenoxy) is 1. The number of piperidine rings is 1. The van der Waals surface area contributed by atoms with Crippen molar-refractivity contribution in [3.63, 3.8) is 0 Å². The summed E-state index contributed by atoms with van der Waals surface area (Å²) in [4.78, 5) is 23.1. The molecular formula is C28H34ClF2N7O3. The van der Waals surface area contributed by atoms with Crippen LogP contribution in [0.4, 0.5) is 31.8 Å². The summed E-state index contributed by atoms with van der Waals surface area (Å²) >= 11 is 6.50. The Morgan fingerprint density at radius 1 is 1.27 bits per heavy atom. The van der Waals surface area contributed by atoms with Crippen LogP contribution < -0.4 is 21.6 Å². The van der Waals surface area contributed by atoms with E-state index in [4.69, 9.17) is 28.6 Å². The van der Waals surface area contributed by atoms with E-state index in [9.17, 15) is 18.7 Å². The van der Waals surface area contributed by atoms with Crippen LogP contribution in [0.25, 0.3) is 15.9 Å². The lowest BCUT2D eigenvalue weighted by Crippen LogP contribution is -2.60. The average molecular weight is 590 g/mol. The van der Waals surface area contributed by atoms with Gasteiger partial charge in [0.05, 0.1) is 47.5 Å². The third-order valence-electron chi connectivity index (χ3n) is 7.80. The minimum Gasteiger partial charge on any atom is -0.390 e. The number of anilines is 3. The minimum atomic E-state index is -3.03. The average Bonchev–Trinajstić information content (AvgIpc) is 3.13. The molecule has 4 N–H and O–H groups in total. The van der Waals surface area contributed by atoms with Crippen molar-refractivity contribution in [3.05, 3.63) is 51.2 Å². The molecule has 2 aliphatic rings. The summed E-state index contributed by atoms with van der Waals surface area (Å²) in [7, 11) is 0. The SMILES string of the molecule is [C-]#[N+]c1cc(Cl)c(Nc2ccc3c(c2)n(CCC(C)(C)O)c(=O)n3CC2COC2)nc1N1C[C@@H](C)C(F)(F)[C@@H](N)C1. The zero-order valence-corrected chi connectivity index (χ0v) is 24.0. The van der Waals surface area contributed by atoms with E-state index in [0.29, 0.717) is 43.9 Å². The second-order valence-electron chi connectivity index (χ2n) is 11.7. The number of aromatic nitrogens is 3. The molecular weight excluding hydrogens is 556 g/mol. The molecule has 0 radical (unpaired) electrons. The summed E-state index contributed by atoms with van der Waals surface area (Å²) in [5.74, 6) is -3.34. The molecule has 2 saturated heterocycles. The van der Waals surface area contributed by atoms with Gasteiger partial charge in [0.25, 0.3) is 5.92 Å². The Kier molecular flexibility index (Phi) is 7.76. The van der Waals surface area contributed by atoms with Crippen molar-refractivity contribution in [2.75, 3.05) is 36.5 Å². The van der Waals surface area contributed by atoms with Gasteiger partial charge in [-0.2, -0.15) is 0 Å². The Labute approximate surface area is 241 Å². The number of benzene rings is 1. The highest BCUT2D eigenvalue weighted by Crippen LogP contribution is 2.40. The van der Waals surface area contributed by atoms with Crippen molar-refractivity contribution in [1.29, 1.82) is 0 Å². The first-order valence-electron chi connectivity index (χ1n) is 13.5. The van der Waals surface area contributed by atoms with E-state index in [1.165, 1.54) is 13.0 Å². The van der Waals surface area contributed by atoms with Crippen LogP contribution in [-0.4, -0.2) is 63.1 Å². The van der Waals surface area contributed by atoms with Gasteiger partial charge in [-0.3, -0.25) is 9.13 Å². The molecule has 0 bridgehead atoms. The van der Waals surface area contributed by atoms with Crippen LogP contribution in [0.3, 0.4) is 0 Å². The number of alkyl halides is 2. The summed E-state index contributed by atoms with van der Waals surface area (Å²) in [6.07, 6.45) is 0.375. The van der Waals surface area contributed by atoms with E-state index in [1.807, 2.05) is 12.1 Å². The van der Waals surface area contributed by atoms with E-state index in [0.717, 1.165) is 5.52 Å². The van der Waals surface area contributed by atoms with Gasteiger partial charge in [0.15, 0.2) is 0 Å². The van der Waals surface area contributed by atoms with Gasteiger partial charge in [0.2, 0.25) is 5.69 Å². The van der Waals surface area contributed by atoms with Gasteiger partial charge in [-0.1, -0.05) is 18.5 Å². The van der Waals surface area contributed by atoms with Gasteiger partial charge in [-0.25, -0.2) is 23.4 Å². The number of nitrogens with zero attached hydrogens (tertiary/aromatic N) is 5. The van der Waals surface area contributed by atoms with Gasteiger partial charge in [0.1, 0.15) is 11.6 Å². The topological polar surface area (TPSA) is 115 Å². The van der Waals surface area contributed by atoms with Crippen molar-refractivity contribution < 1.29 is 18.6 Å². The fourth-order valence-corrected chi connectivity index (χ4v) is 5.45. The number of imidazole rings is 1. The summed E-state index contributed by atoms with van der Waals surface area (Å²) in [6.45, 7) is 14.3. The van der Waals surface area contributed by atoms with Crippen LogP contribution in [0.2, 0.25) is 5.02 Å². The molecule has 2 aliphatic heterocycles. The number of nitrogens with two attached hydrogens (primary N) is 1. The van der Waals surface area contributed by atoms with Crippen molar-refractivity contribution in [1.82, 2.24) is 14.1 Å². The summed E-state index contributed by atoms with van der Waals surface area (Å²) in [6, 6.07) is 5.51. The van der Waals surface area contributed by atoms with Crippen molar-refractivity contribution in [2.45, 2.75) is 57.8 Å². The highest BCUT2D eigenvalue weighted by Gasteiger charge is 2.48. The van der Waals surface area contributed by atoms with E-state index in [-0.39, 0.29) is 47.0 Å². The third kappa shape index (κ3) is 5.77. The molecule has 0 amide bonds. The monoisotopic (exact) mass is 589 g/mol. The Balaban J connectivity index is 1.50. The van der Waals surface area contributed by atoms with E-state index in [1.54, 1.807) is 33.9 Å². The fourth-order valence-electron chi connectivity index (χ4n) is 5.26. The Morgan fingerprint density at radius 2 is 2.00 bits per heavy atom. The number of pyridine rings is 1. The van der Waals surface area contributed by atoms with Crippen LogP contribution in [0, 0.1) is 18.4 Å². The zero-order valence-electron chi connectivity index (χ0n) is 23.2. The molecule has 0 saturated carbocycles. The van der Waals surface area contributed by atoms with Crippen LogP contribution in [0.15, 0.2) is 29.1 Å². The number of aryl methyl sites for hydroxylation is 1. The van der Waals surface area contributed by atoms with Gasteiger partial charge < -0.3 is 25.8 Å². The standard InChI is InChI=1S/C28H34ClF2N7O3/c1-16-11-36(13-23(32)28(16,30)31)25-20(33-4)10-19(29)24(35-25)34-18-5-6-21-22(9-18)37(8-7-27(2,3)40)26(39)38(21)12-17-14-41-15-17/h5-6,9-10,16-17,23,40H,7-8,11-15,32H2,1-3H3,(H,34,35)/t16-,23+/m1/s1. The van der Waals surface area contributed by atoms with Gasteiger partial charge >= 0.3 is 5.69 Å². The van der Waals surface area contributed by atoms with Gasteiger partial charge in [-0.15, -0.1) is 0 Å². The predicted octanol–water partition coefficient (Wildman–Crippen LogP) is 4.37. The Hall–Kier alpha value is -3.24. The van der Waals surface area contributed by atoms with Crippen LogP contribution in [0.5, 0.6) is 0 Å². The molecule has 0 unspecified atom stereocenters. The minimum absolute atomic E-state index is 0.0176. The Morgan fingerprint density at radius 3 is 2.61 bits per heavy atom. The predicted molar refractivity (Wildman–Crippen MR) is 155 cm³/mol. The first-order chi connectivity index (χ1) is 19.3. The largest absolute Gasteiger partial charge is 0.390 e. The van der Waals surface area contributed by atoms with Gasteiger partial charge in [-0.05, 0) is 44.5 Å². The highest BCUT2D eigenvalue weighted by atomic mass is 35.5. The second kappa shape index (κ2) is 10.9. The summed E-state index contributed by atoms with van der Waals surface area (Å²) < 4.78 is 37.5. The fraction of sp³-hybridized carbons (Fsp3) is 0.536. The Bertz CT molecular complexity index is 1540. The first kappa shape index (κ1) is 29.3. The number of halogens is 3. The maximum Gasteiger partial charge on any atom is 0.329 e. The van der Waals surface area contributed by atoms with E-state index < -0.39 is 23.5 Å². The number of fused-ring (bicyclic) bond motifs is 1. The molecule has 13 heteroatoms. The molecule has 0 spiro atoms. The normalized spacial score (nSPS) is 21.1. The summed E-state index contributed by atoms with van der Waals surface area (Å²) in [5.41, 5.74) is 6.83. The van der Waals surface area contributed by atoms with Crippen LogP contribution in [-0.2, 0) is 17.8 Å². The van der Waals surface area contributed by atoms with Crippen molar-refractivity contribution in [2.24, 2.45) is 17.6 Å². The molecule has 10 nitrogen and oxygen atoms in total. The number of aliphatic hydroxyl groups is 1. The molecule has 2 aromatic heterocycles. The highest BCUT2D eigenvalue weighted by molar-refractivity contribution is 6.33. The number of hydrogen-bond donors (Lipinski definition) is 3. The summed E-state index contributed by atoms with van der Waals surface area (Å²) in [5, 5.41) is 13.7. The molecule has 220 valence electrons. The van der Waals surface area contributed by atoms with Crippen LogP contribution in [0.1, 0.15) is 27.2 Å². The van der Waals surface area contributed by atoms with Crippen LogP contribution >= 0.6 is 11.6 Å². The van der Waals surface area contributed by atoms with Gasteiger partial charge in [0, 0.05) is 43.7 Å². The number of hydrogen-bond acceptors (Lipinski definition) is 7. The molecule has 2 atom stereocenters. The second-order valence-corrected chi connectivity index (χ2v) is 12.1. The molecule has 2 fully saturated rings. The molecule has 3 aromatic rings. The lowest BCUT2D eigenvalue weighted by Gasteiger charge is -2.41. The number of rotatable bonds is 8. The molecule has 5 rings (SSSR count). The first-order valence-corrected chi connectivity index (χ1v) is 13.9. The quantitative estimate of drug-likeness (QED) is 0.334. The molecule has 1 aromatic carbocycles. The lowest BCUT2D eigenvalue weighted by atomic mass is 9.91.